The third-order valence-corrected chi connectivity index (χ3v) is 6.85. The van der Waals surface area contributed by atoms with Crippen LogP contribution < -0.4 is 15.8 Å². The van der Waals surface area contributed by atoms with Gasteiger partial charge >= 0.3 is 5.97 Å². The number of benzene rings is 2. The van der Waals surface area contributed by atoms with Crippen LogP contribution in [0.3, 0.4) is 0 Å². The van der Waals surface area contributed by atoms with Crippen molar-refractivity contribution in [1.29, 1.82) is 5.41 Å². The lowest BCUT2D eigenvalue weighted by Crippen LogP contribution is -2.32. The van der Waals surface area contributed by atoms with E-state index in [1.807, 2.05) is 48.5 Å². The zero-order valence-electron chi connectivity index (χ0n) is 20.0. The van der Waals surface area contributed by atoms with E-state index in [9.17, 15) is 9.59 Å². The lowest BCUT2D eigenvalue weighted by atomic mass is 9.88. The highest BCUT2D eigenvalue weighted by Crippen LogP contribution is 2.28. The van der Waals surface area contributed by atoms with E-state index in [0.29, 0.717) is 30.3 Å². The van der Waals surface area contributed by atoms with Gasteiger partial charge in [0.15, 0.2) is 0 Å². The molecule has 1 aliphatic carbocycles. The fourth-order valence-corrected chi connectivity index (χ4v) is 4.77. The molecule has 1 amide bonds. The van der Waals surface area contributed by atoms with Crippen molar-refractivity contribution < 1.29 is 19.1 Å². The van der Waals surface area contributed by atoms with Crippen LogP contribution in [0, 0.1) is 17.2 Å². The molecule has 2 fully saturated rings. The first-order valence-electron chi connectivity index (χ1n) is 12.1. The van der Waals surface area contributed by atoms with Gasteiger partial charge in [0.2, 0.25) is 5.91 Å². The number of halogens is 1. The topological polar surface area (TPSA) is 114 Å². The van der Waals surface area contributed by atoms with E-state index in [-0.39, 0.29) is 54.6 Å². The van der Waals surface area contributed by atoms with Crippen LogP contribution in [0.2, 0.25) is 0 Å². The summed E-state index contributed by atoms with van der Waals surface area (Å²) in [5.41, 5.74) is 8.26. The number of esters is 1. The third kappa shape index (κ3) is 6.98. The molecule has 0 aromatic heterocycles. The number of amides is 1. The zero-order chi connectivity index (χ0) is 24.1. The Kier molecular flexibility index (Phi) is 9.15. The summed E-state index contributed by atoms with van der Waals surface area (Å²) < 4.78 is 11.6. The molecule has 1 heterocycles. The summed E-state index contributed by atoms with van der Waals surface area (Å²) in [5.74, 6) is 0.418. The van der Waals surface area contributed by atoms with E-state index < -0.39 is 0 Å². The summed E-state index contributed by atoms with van der Waals surface area (Å²) >= 11 is 0. The van der Waals surface area contributed by atoms with Gasteiger partial charge in [0.25, 0.3) is 0 Å². The van der Waals surface area contributed by atoms with Crippen molar-refractivity contribution in [1.82, 2.24) is 5.32 Å². The molecule has 0 bridgehead atoms. The van der Waals surface area contributed by atoms with Gasteiger partial charge < -0.3 is 20.5 Å². The van der Waals surface area contributed by atoms with Crippen molar-refractivity contribution in [3.8, 4) is 16.9 Å². The van der Waals surface area contributed by atoms with Gasteiger partial charge in [0.05, 0.1) is 18.4 Å². The van der Waals surface area contributed by atoms with Crippen LogP contribution >= 0.6 is 12.4 Å². The summed E-state index contributed by atoms with van der Waals surface area (Å²) in [5, 5.41) is 10.4. The summed E-state index contributed by atoms with van der Waals surface area (Å²) in [6, 6.07) is 15.1. The summed E-state index contributed by atoms with van der Waals surface area (Å²) in [6.07, 6.45) is 4.98. The lowest BCUT2D eigenvalue weighted by Gasteiger charge is -2.28. The van der Waals surface area contributed by atoms with Gasteiger partial charge in [-0.25, -0.2) is 0 Å². The molecule has 7 nitrogen and oxygen atoms in total. The number of nitrogens with one attached hydrogen (secondary N) is 2. The maximum Gasteiger partial charge on any atom is 0.306 e. The summed E-state index contributed by atoms with van der Waals surface area (Å²) in [4.78, 5) is 24.8. The number of nitrogens with two attached hydrogens (primary N) is 1. The van der Waals surface area contributed by atoms with Crippen molar-refractivity contribution in [3.63, 3.8) is 0 Å². The smallest absolute Gasteiger partial charge is 0.306 e. The Bertz CT molecular complexity index is 1030. The van der Waals surface area contributed by atoms with Gasteiger partial charge in [-0.05, 0) is 54.9 Å². The van der Waals surface area contributed by atoms with E-state index >= 15 is 0 Å². The second-order valence-corrected chi connectivity index (χ2v) is 9.46. The van der Waals surface area contributed by atoms with E-state index in [0.717, 1.165) is 30.4 Å². The molecule has 35 heavy (non-hydrogen) atoms. The average Bonchev–Trinajstić information content (AvgIpc) is 3.18. The predicted octanol–water partition coefficient (Wildman–Crippen LogP) is 4.45. The van der Waals surface area contributed by atoms with Gasteiger partial charge in [-0.1, -0.05) is 49.7 Å². The molecule has 1 saturated heterocycles. The second kappa shape index (κ2) is 12.1. The quantitative estimate of drug-likeness (QED) is 0.282. The fourth-order valence-electron chi connectivity index (χ4n) is 4.77. The Balaban J connectivity index is 0.00000342. The van der Waals surface area contributed by atoms with Crippen molar-refractivity contribution in [2.24, 2.45) is 17.6 Å². The Labute approximate surface area is 212 Å². The molecule has 2 unspecified atom stereocenters. The normalized spacial score (nSPS) is 23.6. The Morgan fingerprint density at radius 3 is 2.31 bits per heavy atom. The van der Waals surface area contributed by atoms with Crippen LogP contribution in [0.25, 0.3) is 11.1 Å². The minimum atomic E-state index is -0.361. The zero-order valence-corrected chi connectivity index (χ0v) is 20.8. The van der Waals surface area contributed by atoms with E-state index in [4.69, 9.17) is 20.6 Å². The van der Waals surface area contributed by atoms with Gasteiger partial charge in [-0.3, -0.25) is 15.0 Å². The van der Waals surface area contributed by atoms with E-state index in [1.165, 1.54) is 6.42 Å². The molecule has 2 aromatic rings. The van der Waals surface area contributed by atoms with E-state index in [1.54, 1.807) is 0 Å². The van der Waals surface area contributed by atoms with Gasteiger partial charge in [0, 0.05) is 5.56 Å². The van der Waals surface area contributed by atoms with Crippen LogP contribution in [0.4, 0.5) is 0 Å². The van der Waals surface area contributed by atoms with Crippen LogP contribution in [0.5, 0.6) is 5.75 Å². The predicted molar refractivity (Wildman–Crippen MR) is 138 cm³/mol. The van der Waals surface area contributed by atoms with Gasteiger partial charge in [0.1, 0.15) is 24.3 Å². The number of ether oxygens (including phenoxy) is 2. The molecule has 4 atom stereocenters. The van der Waals surface area contributed by atoms with Gasteiger partial charge in [-0.15, -0.1) is 12.4 Å². The molecular weight excluding hydrogens is 466 g/mol. The van der Waals surface area contributed by atoms with Crippen LogP contribution in [-0.2, 0) is 14.3 Å². The molecule has 2 aromatic carbocycles. The van der Waals surface area contributed by atoms with Crippen molar-refractivity contribution >= 4 is 30.1 Å². The SMILES string of the molecule is CC1CCCCC1OC(=O)C[C@@H]1C[C@@H](COc2ccc(-c3ccc(C(=N)N)cc3)cc2)NC1=O.Cl. The van der Waals surface area contributed by atoms with Gasteiger partial charge in [-0.2, -0.15) is 0 Å². The number of rotatable bonds is 8. The molecular formula is C27H34ClN3O4. The number of carbonyl (C=O) groups excluding carboxylic acids is 2. The number of hydrogen-bond donors (Lipinski definition) is 3. The van der Waals surface area contributed by atoms with Crippen molar-refractivity contribution in [2.45, 2.75) is 57.6 Å². The highest BCUT2D eigenvalue weighted by Gasteiger charge is 2.35. The van der Waals surface area contributed by atoms with Crippen molar-refractivity contribution in [2.75, 3.05) is 6.61 Å². The first-order valence-corrected chi connectivity index (χ1v) is 12.1. The first-order chi connectivity index (χ1) is 16.4. The molecule has 1 saturated carbocycles. The Hall–Kier alpha value is -3.06. The largest absolute Gasteiger partial charge is 0.491 e. The fraction of sp³-hybridized carbons (Fsp3) is 0.444. The molecule has 8 heteroatoms. The lowest BCUT2D eigenvalue weighted by molar-refractivity contribution is -0.155. The first kappa shape index (κ1) is 26.5. The highest BCUT2D eigenvalue weighted by molar-refractivity contribution is 5.95. The van der Waals surface area contributed by atoms with Crippen LogP contribution in [-0.4, -0.2) is 36.5 Å². The standard InChI is InChI=1S/C27H33N3O4.ClH/c1-17-4-2-3-5-24(17)34-25(31)15-21-14-22(30-27(21)32)16-33-23-12-10-19(11-13-23)18-6-8-20(9-7-18)26(28)29;/h6-13,17,21-22,24H,2-5,14-16H2,1H3,(H3,28,29)(H,30,32);1H/t17?,21-,22-,24?;/m0./s1. The Morgan fingerprint density at radius 2 is 1.69 bits per heavy atom. The number of amidine groups is 1. The Morgan fingerprint density at radius 1 is 1.06 bits per heavy atom. The number of nitrogen functional groups attached to an aromatic ring is 1. The molecule has 0 radical (unpaired) electrons. The summed E-state index contributed by atoms with van der Waals surface area (Å²) in [7, 11) is 0. The monoisotopic (exact) mass is 499 g/mol. The molecule has 4 N–H and O–H groups in total. The van der Waals surface area contributed by atoms with Crippen molar-refractivity contribution in [3.05, 3.63) is 54.1 Å². The maximum atomic E-state index is 12.4. The molecule has 2 aliphatic rings. The van der Waals surface area contributed by atoms with Crippen LogP contribution in [0.1, 0.15) is 51.0 Å². The molecule has 188 valence electrons. The molecule has 0 spiro atoms. The maximum absolute atomic E-state index is 12.4. The number of carbonyl (C=O) groups is 2. The minimum absolute atomic E-state index is 0. The number of hydrogen-bond acceptors (Lipinski definition) is 5. The van der Waals surface area contributed by atoms with Crippen LogP contribution in [0.15, 0.2) is 48.5 Å². The average molecular weight is 500 g/mol. The highest BCUT2D eigenvalue weighted by atomic mass is 35.5. The molecule has 1 aliphatic heterocycles. The second-order valence-electron chi connectivity index (χ2n) is 9.46. The third-order valence-electron chi connectivity index (χ3n) is 6.85. The molecule has 4 rings (SSSR count). The minimum Gasteiger partial charge on any atom is -0.491 e. The summed E-state index contributed by atoms with van der Waals surface area (Å²) in [6.45, 7) is 2.48. The van der Waals surface area contributed by atoms with E-state index in [2.05, 4.69) is 12.2 Å².